The van der Waals surface area contributed by atoms with Crippen LogP contribution in [0, 0.1) is 0 Å². The van der Waals surface area contributed by atoms with E-state index in [0.717, 1.165) is 17.8 Å². The average Bonchev–Trinajstić information content (AvgIpc) is 3.34. The first-order chi connectivity index (χ1) is 13.1. The Morgan fingerprint density at radius 3 is 3.00 bits per heavy atom. The summed E-state index contributed by atoms with van der Waals surface area (Å²) in [5, 5.41) is 19.2. The second kappa shape index (κ2) is 7.43. The maximum Gasteiger partial charge on any atom is 0.155 e. The van der Waals surface area contributed by atoms with Gasteiger partial charge in [-0.2, -0.15) is 5.10 Å². The number of aromatic nitrogens is 6. The van der Waals surface area contributed by atoms with E-state index in [-0.39, 0.29) is 12.1 Å². The van der Waals surface area contributed by atoms with E-state index < -0.39 is 6.17 Å². The molecule has 142 valence electrons. The molecule has 4 heterocycles. The van der Waals surface area contributed by atoms with Crippen LogP contribution in [0.5, 0.6) is 0 Å². The van der Waals surface area contributed by atoms with Gasteiger partial charge in [0, 0.05) is 48.5 Å². The third-order valence-corrected chi connectivity index (χ3v) is 4.57. The Labute approximate surface area is 156 Å². The number of anilines is 1. The number of hydrogen-bond acceptors (Lipinski definition) is 6. The number of pyridine rings is 1. The molecule has 8 nitrogen and oxygen atoms in total. The smallest absolute Gasteiger partial charge is 0.155 e. The number of nitrogens with one attached hydrogen (secondary N) is 2. The lowest BCUT2D eigenvalue weighted by Crippen LogP contribution is -2.39. The molecule has 2 N–H and O–H groups in total. The molecule has 1 aliphatic rings. The van der Waals surface area contributed by atoms with Crippen molar-refractivity contribution in [1.82, 2.24) is 35.1 Å². The maximum atomic E-state index is 14.2. The monoisotopic (exact) mass is 370 g/mol. The molecule has 3 aromatic rings. The van der Waals surface area contributed by atoms with Gasteiger partial charge in [0.2, 0.25) is 0 Å². The maximum absolute atomic E-state index is 14.2. The Hall–Kier alpha value is -2.81. The second-order valence-electron chi connectivity index (χ2n) is 7.00. The third kappa shape index (κ3) is 3.68. The molecule has 0 spiro atoms. The SMILES string of the molecule is CC(C)Nc1cc(-n2cccn2)ncc1-c1cn(C2CCNCC2F)nn1. The fourth-order valence-electron chi connectivity index (χ4n) is 3.28. The largest absolute Gasteiger partial charge is 0.382 e. The molecule has 1 saturated heterocycles. The van der Waals surface area contributed by atoms with Gasteiger partial charge in [-0.15, -0.1) is 5.10 Å². The fourth-order valence-corrected chi connectivity index (χ4v) is 3.28. The summed E-state index contributed by atoms with van der Waals surface area (Å²) in [4.78, 5) is 4.50. The van der Waals surface area contributed by atoms with Crippen molar-refractivity contribution in [3.05, 3.63) is 36.9 Å². The van der Waals surface area contributed by atoms with E-state index in [0.29, 0.717) is 24.5 Å². The highest BCUT2D eigenvalue weighted by molar-refractivity contribution is 5.75. The van der Waals surface area contributed by atoms with Crippen molar-refractivity contribution in [3.63, 3.8) is 0 Å². The number of hydrogen-bond donors (Lipinski definition) is 2. The highest BCUT2D eigenvalue weighted by atomic mass is 19.1. The van der Waals surface area contributed by atoms with Crippen molar-refractivity contribution in [2.45, 2.75) is 38.5 Å². The van der Waals surface area contributed by atoms with Gasteiger partial charge in [-0.3, -0.25) is 0 Å². The molecule has 1 aliphatic heterocycles. The van der Waals surface area contributed by atoms with Crippen LogP contribution in [-0.2, 0) is 0 Å². The Balaban J connectivity index is 1.68. The number of halogens is 1. The van der Waals surface area contributed by atoms with Gasteiger partial charge in [0.05, 0.1) is 12.2 Å². The molecule has 0 aromatic carbocycles. The molecule has 0 aliphatic carbocycles. The number of piperidine rings is 1. The highest BCUT2D eigenvalue weighted by Gasteiger charge is 2.27. The van der Waals surface area contributed by atoms with Crippen LogP contribution in [0.2, 0.25) is 0 Å². The minimum absolute atomic E-state index is 0.228. The van der Waals surface area contributed by atoms with E-state index in [1.54, 1.807) is 28.0 Å². The standard InChI is InChI=1S/C18H23FN8/c1-12(2)23-15-8-18(26-7-3-5-22-26)21-9-13(15)16-11-27(25-24-16)17-4-6-20-10-14(17)19/h3,5,7-9,11-12,14,17,20H,4,6,10H2,1-2H3,(H,21,23). The van der Waals surface area contributed by atoms with Crippen LogP contribution in [0.3, 0.4) is 0 Å². The summed E-state index contributed by atoms with van der Waals surface area (Å²) in [7, 11) is 0. The van der Waals surface area contributed by atoms with Crippen LogP contribution in [0.25, 0.3) is 17.1 Å². The average molecular weight is 370 g/mol. The highest BCUT2D eigenvalue weighted by Crippen LogP contribution is 2.29. The molecule has 0 radical (unpaired) electrons. The zero-order valence-electron chi connectivity index (χ0n) is 15.4. The zero-order valence-corrected chi connectivity index (χ0v) is 15.4. The minimum atomic E-state index is -0.970. The molecular formula is C18H23FN8. The van der Waals surface area contributed by atoms with E-state index in [2.05, 4.69) is 44.9 Å². The molecule has 9 heteroatoms. The first-order valence-corrected chi connectivity index (χ1v) is 9.15. The predicted molar refractivity (Wildman–Crippen MR) is 101 cm³/mol. The fraction of sp³-hybridized carbons (Fsp3) is 0.444. The van der Waals surface area contributed by atoms with Crippen molar-refractivity contribution >= 4 is 5.69 Å². The zero-order chi connectivity index (χ0) is 18.8. The lowest BCUT2D eigenvalue weighted by atomic mass is 10.1. The van der Waals surface area contributed by atoms with Crippen LogP contribution >= 0.6 is 0 Å². The molecule has 4 rings (SSSR count). The van der Waals surface area contributed by atoms with Gasteiger partial charge in [0.25, 0.3) is 0 Å². The van der Waals surface area contributed by atoms with Gasteiger partial charge in [-0.25, -0.2) is 18.7 Å². The Morgan fingerprint density at radius 1 is 1.37 bits per heavy atom. The quantitative estimate of drug-likeness (QED) is 0.716. The van der Waals surface area contributed by atoms with Gasteiger partial charge in [-0.05, 0) is 32.9 Å². The van der Waals surface area contributed by atoms with Crippen molar-refractivity contribution in [2.75, 3.05) is 18.4 Å². The molecule has 3 aromatic heterocycles. The third-order valence-electron chi connectivity index (χ3n) is 4.57. The summed E-state index contributed by atoms with van der Waals surface area (Å²) in [6.07, 6.45) is 6.84. The van der Waals surface area contributed by atoms with E-state index in [4.69, 9.17) is 0 Å². The van der Waals surface area contributed by atoms with Crippen molar-refractivity contribution in [2.24, 2.45) is 0 Å². The summed E-state index contributed by atoms with van der Waals surface area (Å²) in [5.41, 5.74) is 2.39. The van der Waals surface area contributed by atoms with E-state index in [9.17, 15) is 4.39 Å². The van der Waals surface area contributed by atoms with Gasteiger partial charge in [0.1, 0.15) is 11.9 Å². The minimum Gasteiger partial charge on any atom is -0.382 e. The Morgan fingerprint density at radius 2 is 2.26 bits per heavy atom. The molecule has 0 bridgehead atoms. The summed E-state index contributed by atoms with van der Waals surface area (Å²) < 4.78 is 17.6. The number of nitrogens with zero attached hydrogens (tertiary/aromatic N) is 6. The first-order valence-electron chi connectivity index (χ1n) is 9.15. The molecular weight excluding hydrogens is 347 g/mol. The summed E-state index contributed by atoms with van der Waals surface area (Å²) in [6.45, 7) is 5.26. The lowest BCUT2D eigenvalue weighted by Gasteiger charge is -2.26. The topological polar surface area (TPSA) is 85.5 Å². The molecule has 0 amide bonds. The van der Waals surface area contributed by atoms with Crippen molar-refractivity contribution < 1.29 is 4.39 Å². The molecule has 2 unspecified atom stereocenters. The van der Waals surface area contributed by atoms with Crippen LogP contribution in [0.4, 0.5) is 10.1 Å². The van der Waals surface area contributed by atoms with Gasteiger partial charge in [0.15, 0.2) is 5.82 Å². The molecule has 27 heavy (non-hydrogen) atoms. The van der Waals surface area contributed by atoms with Crippen LogP contribution in [0.15, 0.2) is 36.9 Å². The van der Waals surface area contributed by atoms with Crippen molar-refractivity contribution in [1.29, 1.82) is 0 Å². The second-order valence-corrected chi connectivity index (χ2v) is 7.00. The van der Waals surface area contributed by atoms with Gasteiger partial charge >= 0.3 is 0 Å². The Kier molecular flexibility index (Phi) is 4.85. The van der Waals surface area contributed by atoms with Crippen LogP contribution in [0.1, 0.15) is 26.3 Å². The van der Waals surface area contributed by atoms with Crippen molar-refractivity contribution in [3.8, 4) is 17.1 Å². The van der Waals surface area contributed by atoms with E-state index >= 15 is 0 Å². The Bertz CT molecular complexity index is 889. The summed E-state index contributed by atoms with van der Waals surface area (Å²) >= 11 is 0. The summed E-state index contributed by atoms with van der Waals surface area (Å²) in [6, 6.07) is 3.73. The number of rotatable bonds is 5. The van der Waals surface area contributed by atoms with E-state index in [1.165, 1.54) is 0 Å². The lowest BCUT2D eigenvalue weighted by molar-refractivity contribution is 0.171. The predicted octanol–water partition coefficient (Wildman–Crippen LogP) is 2.22. The van der Waals surface area contributed by atoms with Gasteiger partial charge in [-0.1, -0.05) is 5.21 Å². The molecule has 2 atom stereocenters. The number of alkyl halides is 1. The van der Waals surface area contributed by atoms with E-state index in [1.807, 2.05) is 18.3 Å². The summed E-state index contributed by atoms with van der Waals surface area (Å²) in [5.74, 6) is 0.710. The van der Waals surface area contributed by atoms with Crippen LogP contribution in [-0.4, -0.2) is 55.1 Å². The molecule has 0 saturated carbocycles. The van der Waals surface area contributed by atoms with Gasteiger partial charge < -0.3 is 10.6 Å². The van der Waals surface area contributed by atoms with Crippen LogP contribution < -0.4 is 10.6 Å². The first kappa shape index (κ1) is 17.6. The molecule has 1 fully saturated rings. The normalized spacial score (nSPS) is 20.1.